The van der Waals surface area contributed by atoms with Gasteiger partial charge in [0.1, 0.15) is 5.70 Å². The lowest BCUT2D eigenvalue weighted by Crippen LogP contribution is -2.34. The van der Waals surface area contributed by atoms with Crippen LogP contribution in [0, 0.1) is 10.1 Å². The maximum absolute atomic E-state index is 12.3. The second-order valence-electron chi connectivity index (χ2n) is 5.23. The van der Waals surface area contributed by atoms with E-state index in [1.54, 1.807) is 30.3 Å². The molecule has 2 aromatic rings. The number of benzene rings is 2. The fourth-order valence-electron chi connectivity index (χ4n) is 2.06. The monoisotopic (exact) mass is 351 g/mol. The Balaban J connectivity index is 2.27. The zero-order valence-corrected chi connectivity index (χ0v) is 13.8. The summed E-state index contributed by atoms with van der Waals surface area (Å²) in [6.45, 7) is 3.76. The number of non-ortho nitro benzene ring substituents is 1. The molecule has 2 amide bonds. The van der Waals surface area contributed by atoms with Crippen LogP contribution in [-0.2, 0) is 4.79 Å². The molecular weight excluding hydrogens is 334 g/mol. The molecule has 2 rings (SSSR count). The number of nitrogens with zero attached hydrogens (tertiary/aromatic N) is 1. The Morgan fingerprint density at radius 1 is 1.08 bits per heavy atom. The largest absolute Gasteiger partial charge is 0.347 e. The molecule has 0 atom stereocenters. The van der Waals surface area contributed by atoms with Gasteiger partial charge >= 0.3 is 0 Å². The Morgan fingerprint density at radius 3 is 2.31 bits per heavy atom. The molecular formula is C19H17N3O4. The van der Waals surface area contributed by atoms with E-state index >= 15 is 0 Å². The molecule has 2 aromatic carbocycles. The van der Waals surface area contributed by atoms with Crippen LogP contribution in [0.25, 0.3) is 6.08 Å². The first-order chi connectivity index (χ1) is 12.5. The summed E-state index contributed by atoms with van der Waals surface area (Å²) in [5, 5.41) is 15.9. The third-order valence-corrected chi connectivity index (χ3v) is 3.35. The Bertz CT molecular complexity index is 843. The molecule has 0 spiro atoms. The van der Waals surface area contributed by atoms with Gasteiger partial charge in [-0.25, -0.2) is 0 Å². The van der Waals surface area contributed by atoms with Crippen molar-refractivity contribution in [3.8, 4) is 0 Å². The van der Waals surface area contributed by atoms with Gasteiger partial charge in [0, 0.05) is 24.2 Å². The Morgan fingerprint density at radius 2 is 1.73 bits per heavy atom. The van der Waals surface area contributed by atoms with Crippen LogP contribution in [0.15, 0.2) is 72.9 Å². The molecule has 2 N–H and O–H groups in total. The van der Waals surface area contributed by atoms with Crippen LogP contribution in [0.3, 0.4) is 0 Å². The summed E-state index contributed by atoms with van der Waals surface area (Å²) in [6, 6.07) is 14.1. The fourth-order valence-corrected chi connectivity index (χ4v) is 2.06. The summed E-state index contributed by atoms with van der Waals surface area (Å²) in [4.78, 5) is 34.8. The molecule has 0 saturated carbocycles. The zero-order valence-electron chi connectivity index (χ0n) is 13.8. The SMILES string of the molecule is C=CCNC(=O)C(=Cc1ccc([N+](=O)[O-])cc1)NC(=O)c1ccccc1. The third-order valence-electron chi connectivity index (χ3n) is 3.35. The summed E-state index contributed by atoms with van der Waals surface area (Å²) >= 11 is 0. The van der Waals surface area contributed by atoms with E-state index in [1.807, 2.05) is 0 Å². The molecule has 0 bridgehead atoms. The first kappa shape index (κ1) is 18.6. The number of rotatable bonds is 7. The summed E-state index contributed by atoms with van der Waals surface area (Å²) < 4.78 is 0. The standard InChI is InChI=1S/C19H17N3O4/c1-2-12-20-19(24)17(21-18(23)15-6-4-3-5-7-15)13-14-8-10-16(11-9-14)22(25)26/h2-11,13H,1,12H2,(H,20,24)(H,21,23). The van der Waals surface area contributed by atoms with E-state index in [-0.39, 0.29) is 17.9 Å². The Hall–Kier alpha value is -3.74. The summed E-state index contributed by atoms with van der Waals surface area (Å²) in [5.74, 6) is -0.931. The summed E-state index contributed by atoms with van der Waals surface area (Å²) in [6.07, 6.45) is 2.96. The number of hydrogen-bond acceptors (Lipinski definition) is 4. The van der Waals surface area contributed by atoms with Gasteiger partial charge in [0.2, 0.25) is 0 Å². The molecule has 132 valence electrons. The topological polar surface area (TPSA) is 101 Å². The minimum Gasteiger partial charge on any atom is -0.347 e. The molecule has 0 aliphatic carbocycles. The quantitative estimate of drug-likeness (QED) is 0.346. The molecule has 0 heterocycles. The highest BCUT2D eigenvalue weighted by molar-refractivity contribution is 6.05. The molecule has 0 aliphatic rings. The number of hydrogen-bond donors (Lipinski definition) is 2. The van der Waals surface area contributed by atoms with Crippen LogP contribution in [0.1, 0.15) is 15.9 Å². The van der Waals surface area contributed by atoms with Gasteiger partial charge in [-0.05, 0) is 35.9 Å². The molecule has 0 radical (unpaired) electrons. The third kappa shape index (κ3) is 5.13. The van der Waals surface area contributed by atoms with Gasteiger partial charge in [0.15, 0.2) is 0 Å². The van der Waals surface area contributed by atoms with Crippen molar-refractivity contribution < 1.29 is 14.5 Å². The number of nitro benzene ring substituents is 1. The molecule has 26 heavy (non-hydrogen) atoms. The smallest absolute Gasteiger partial charge is 0.269 e. The predicted octanol–water partition coefficient (Wildman–Crippen LogP) is 2.67. The van der Waals surface area contributed by atoms with Crippen molar-refractivity contribution in [2.24, 2.45) is 0 Å². The maximum Gasteiger partial charge on any atom is 0.269 e. The molecule has 0 aromatic heterocycles. The molecule has 7 nitrogen and oxygen atoms in total. The maximum atomic E-state index is 12.3. The lowest BCUT2D eigenvalue weighted by Gasteiger charge is -2.10. The first-order valence-corrected chi connectivity index (χ1v) is 7.73. The normalized spacial score (nSPS) is 10.7. The van der Waals surface area contributed by atoms with Crippen LogP contribution in [0.2, 0.25) is 0 Å². The van der Waals surface area contributed by atoms with E-state index < -0.39 is 16.7 Å². The Labute approximate surface area is 150 Å². The van der Waals surface area contributed by atoms with Gasteiger partial charge in [-0.3, -0.25) is 19.7 Å². The summed E-state index contributed by atoms with van der Waals surface area (Å²) in [7, 11) is 0. The highest BCUT2D eigenvalue weighted by Gasteiger charge is 2.14. The van der Waals surface area contributed by atoms with Crippen LogP contribution < -0.4 is 10.6 Å². The average molecular weight is 351 g/mol. The molecule has 7 heteroatoms. The minimum absolute atomic E-state index is 0.0227. The molecule has 0 aliphatic heterocycles. The van der Waals surface area contributed by atoms with Crippen molar-refractivity contribution in [3.05, 3.63) is 94.2 Å². The fraction of sp³-hybridized carbons (Fsp3) is 0.0526. The van der Waals surface area contributed by atoms with Crippen molar-refractivity contribution in [1.82, 2.24) is 10.6 Å². The van der Waals surface area contributed by atoms with Crippen molar-refractivity contribution in [2.75, 3.05) is 6.54 Å². The van der Waals surface area contributed by atoms with Gasteiger partial charge in [-0.2, -0.15) is 0 Å². The van der Waals surface area contributed by atoms with Crippen LogP contribution in [-0.4, -0.2) is 23.3 Å². The van der Waals surface area contributed by atoms with Crippen molar-refractivity contribution in [1.29, 1.82) is 0 Å². The summed E-state index contributed by atoms with van der Waals surface area (Å²) in [5.41, 5.74) is 0.897. The number of nitrogens with one attached hydrogen (secondary N) is 2. The molecule has 0 saturated heterocycles. The molecule has 0 fully saturated rings. The highest BCUT2D eigenvalue weighted by atomic mass is 16.6. The van der Waals surface area contributed by atoms with Gasteiger partial charge in [0.25, 0.3) is 17.5 Å². The van der Waals surface area contributed by atoms with E-state index in [0.29, 0.717) is 11.1 Å². The predicted molar refractivity (Wildman–Crippen MR) is 98.2 cm³/mol. The average Bonchev–Trinajstić information content (AvgIpc) is 2.66. The van der Waals surface area contributed by atoms with Gasteiger partial charge in [-0.1, -0.05) is 24.3 Å². The van der Waals surface area contributed by atoms with Crippen molar-refractivity contribution >= 4 is 23.6 Å². The van der Waals surface area contributed by atoms with Gasteiger partial charge in [-0.15, -0.1) is 6.58 Å². The van der Waals surface area contributed by atoms with Crippen LogP contribution in [0.4, 0.5) is 5.69 Å². The zero-order chi connectivity index (χ0) is 18.9. The minimum atomic E-state index is -0.512. The lowest BCUT2D eigenvalue weighted by molar-refractivity contribution is -0.384. The van der Waals surface area contributed by atoms with Crippen molar-refractivity contribution in [3.63, 3.8) is 0 Å². The van der Waals surface area contributed by atoms with Crippen molar-refractivity contribution in [2.45, 2.75) is 0 Å². The van der Waals surface area contributed by atoms with E-state index in [4.69, 9.17) is 0 Å². The second-order valence-corrected chi connectivity index (χ2v) is 5.23. The van der Waals surface area contributed by atoms with E-state index in [2.05, 4.69) is 17.2 Å². The van der Waals surface area contributed by atoms with Gasteiger partial charge < -0.3 is 10.6 Å². The first-order valence-electron chi connectivity index (χ1n) is 7.73. The van der Waals surface area contributed by atoms with Crippen LogP contribution in [0.5, 0.6) is 0 Å². The lowest BCUT2D eigenvalue weighted by atomic mass is 10.1. The molecule has 0 unspecified atom stereocenters. The Kier molecular flexibility index (Phi) is 6.39. The number of nitro groups is 1. The highest BCUT2D eigenvalue weighted by Crippen LogP contribution is 2.14. The second kappa shape index (κ2) is 8.93. The van der Waals surface area contributed by atoms with E-state index in [9.17, 15) is 19.7 Å². The van der Waals surface area contributed by atoms with E-state index in [1.165, 1.54) is 36.4 Å². The van der Waals surface area contributed by atoms with Gasteiger partial charge in [0.05, 0.1) is 4.92 Å². The van der Waals surface area contributed by atoms with Crippen LogP contribution >= 0.6 is 0 Å². The number of carbonyl (C=O) groups is 2. The van der Waals surface area contributed by atoms with E-state index in [0.717, 1.165) is 0 Å². The number of carbonyl (C=O) groups excluding carboxylic acids is 2. The number of amides is 2.